The Kier molecular flexibility index (Phi) is 3.12. The van der Waals surface area contributed by atoms with Gasteiger partial charge in [-0.15, -0.1) is 11.3 Å². The summed E-state index contributed by atoms with van der Waals surface area (Å²) in [5, 5.41) is 3.35. The molecule has 108 valence electrons. The van der Waals surface area contributed by atoms with Crippen LogP contribution in [0.1, 0.15) is 46.6 Å². The van der Waals surface area contributed by atoms with Gasteiger partial charge < -0.3 is 10.2 Å². The van der Waals surface area contributed by atoms with Crippen molar-refractivity contribution in [1.29, 1.82) is 0 Å². The van der Waals surface area contributed by atoms with Crippen LogP contribution in [-0.2, 0) is 6.42 Å². The third-order valence-electron chi connectivity index (χ3n) is 4.62. The molecular weight excluding hydrogens is 278 g/mol. The topological polar surface area (TPSA) is 39.2 Å². The van der Waals surface area contributed by atoms with Gasteiger partial charge in [-0.1, -0.05) is 18.2 Å². The molecule has 2 unspecified atom stereocenters. The van der Waals surface area contributed by atoms with Crippen molar-refractivity contribution >= 4 is 22.3 Å². The van der Waals surface area contributed by atoms with E-state index < -0.39 is 0 Å². The summed E-state index contributed by atoms with van der Waals surface area (Å²) < 4.78 is 6.08. The van der Waals surface area contributed by atoms with E-state index in [4.69, 9.17) is 10.2 Å². The van der Waals surface area contributed by atoms with Gasteiger partial charge in [0, 0.05) is 16.2 Å². The van der Waals surface area contributed by atoms with E-state index in [-0.39, 0.29) is 6.04 Å². The summed E-state index contributed by atoms with van der Waals surface area (Å²) in [4.78, 5) is 1.51. The van der Waals surface area contributed by atoms with Gasteiger partial charge in [0.2, 0.25) is 0 Å². The number of hydrogen-bond donors (Lipinski definition) is 1. The Bertz CT molecular complexity index is 785. The number of thiophene rings is 1. The average molecular weight is 297 g/mol. The minimum absolute atomic E-state index is 0.0505. The lowest BCUT2D eigenvalue weighted by Crippen LogP contribution is -2.22. The molecule has 0 fully saturated rings. The maximum absolute atomic E-state index is 6.57. The zero-order valence-electron chi connectivity index (χ0n) is 12.1. The Labute approximate surface area is 128 Å². The Morgan fingerprint density at radius 3 is 3.10 bits per heavy atom. The molecule has 3 heteroatoms. The van der Waals surface area contributed by atoms with Gasteiger partial charge in [0.05, 0.1) is 6.04 Å². The zero-order valence-corrected chi connectivity index (χ0v) is 13.0. The number of rotatable bonds is 2. The molecule has 3 aromatic rings. The Morgan fingerprint density at radius 2 is 2.24 bits per heavy atom. The van der Waals surface area contributed by atoms with Crippen molar-refractivity contribution in [3.05, 3.63) is 57.5 Å². The number of hydrogen-bond acceptors (Lipinski definition) is 3. The summed E-state index contributed by atoms with van der Waals surface area (Å²) >= 11 is 1.86. The molecular formula is C18H19NOS. The number of fused-ring (bicyclic) bond motifs is 2. The zero-order chi connectivity index (χ0) is 14.4. The molecule has 4 rings (SSSR count). The molecule has 2 aromatic heterocycles. The van der Waals surface area contributed by atoms with Crippen molar-refractivity contribution in [3.8, 4) is 0 Å². The molecule has 0 saturated heterocycles. The van der Waals surface area contributed by atoms with Crippen LogP contribution < -0.4 is 5.73 Å². The summed E-state index contributed by atoms with van der Waals surface area (Å²) in [6.07, 6.45) is 3.58. The molecule has 2 nitrogen and oxygen atoms in total. The molecule has 1 aliphatic carbocycles. The Balaban J connectivity index is 1.74. The van der Waals surface area contributed by atoms with Crippen LogP contribution in [0.4, 0.5) is 0 Å². The van der Waals surface area contributed by atoms with Gasteiger partial charge in [0.1, 0.15) is 11.3 Å². The summed E-state index contributed by atoms with van der Waals surface area (Å²) in [6, 6.07) is 10.6. The van der Waals surface area contributed by atoms with E-state index >= 15 is 0 Å². The fourth-order valence-electron chi connectivity index (χ4n) is 3.49. The Morgan fingerprint density at radius 1 is 1.33 bits per heavy atom. The number of aryl methyl sites for hydroxylation is 2. The molecule has 0 saturated carbocycles. The van der Waals surface area contributed by atoms with Crippen LogP contribution >= 0.6 is 11.3 Å². The third-order valence-corrected chi connectivity index (χ3v) is 5.62. The van der Waals surface area contributed by atoms with Crippen LogP contribution in [0.15, 0.2) is 40.1 Å². The lowest BCUT2D eigenvalue weighted by atomic mass is 9.82. The minimum atomic E-state index is -0.0505. The smallest absolute Gasteiger partial charge is 0.137 e. The van der Waals surface area contributed by atoms with E-state index in [0.29, 0.717) is 5.92 Å². The van der Waals surface area contributed by atoms with Gasteiger partial charge in [-0.05, 0) is 54.8 Å². The third kappa shape index (κ3) is 2.12. The van der Waals surface area contributed by atoms with E-state index in [1.165, 1.54) is 28.8 Å². The lowest BCUT2D eigenvalue weighted by Gasteiger charge is -2.26. The number of para-hydroxylation sites is 1. The van der Waals surface area contributed by atoms with Crippen LogP contribution in [0, 0.1) is 6.92 Å². The van der Waals surface area contributed by atoms with E-state index in [0.717, 1.165) is 23.2 Å². The number of furan rings is 1. The predicted octanol–water partition coefficient (Wildman–Crippen LogP) is 4.92. The molecule has 0 spiro atoms. The van der Waals surface area contributed by atoms with Gasteiger partial charge in [-0.2, -0.15) is 0 Å². The Hall–Kier alpha value is -1.58. The van der Waals surface area contributed by atoms with Gasteiger partial charge in [0.15, 0.2) is 0 Å². The van der Waals surface area contributed by atoms with Crippen molar-refractivity contribution in [2.75, 3.05) is 0 Å². The first kappa shape index (κ1) is 13.1. The summed E-state index contributed by atoms with van der Waals surface area (Å²) in [7, 11) is 0. The molecule has 2 N–H and O–H groups in total. The standard InChI is InChI=1S/C18H19NOS/c1-11-4-2-5-12-10-15(20-18(11)12)17(19)14-6-3-7-16-13(14)8-9-21-16/h2,4-5,8-10,14,17H,3,6-7,19H2,1H3. The van der Waals surface area contributed by atoms with Gasteiger partial charge in [-0.3, -0.25) is 0 Å². The van der Waals surface area contributed by atoms with Crippen molar-refractivity contribution in [3.63, 3.8) is 0 Å². The summed E-state index contributed by atoms with van der Waals surface area (Å²) in [6.45, 7) is 2.08. The molecule has 1 aromatic carbocycles. The summed E-state index contributed by atoms with van der Waals surface area (Å²) in [5.74, 6) is 1.31. The normalized spacial score (nSPS) is 19.6. The first-order valence-electron chi connectivity index (χ1n) is 7.55. The fraction of sp³-hybridized carbons (Fsp3) is 0.333. The minimum Gasteiger partial charge on any atom is -0.459 e. The van der Waals surface area contributed by atoms with Gasteiger partial charge in [-0.25, -0.2) is 0 Å². The van der Waals surface area contributed by atoms with Crippen LogP contribution in [0.3, 0.4) is 0 Å². The molecule has 0 amide bonds. The highest BCUT2D eigenvalue weighted by atomic mass is 32.1. The second-order valence-electron chi connectivity index (χ2n) is 5.97. The second kappa shape index (κ2) is 5.00. The molecule has 0 radical (unpaired) electrons. The van der Waals surface area contributed by atoms with Crippen LogP contribution in [0.5, 0.6) is 0 Å². The van der Waals surface area contributed by atoms with E-state index in [9.17, 15) is 0 Å². The molecule has 0 bridgehead atoms. The summed E-state index contributed by atoms with van der Waals surface area (Å²) in [5.41, 5.74) is 10.2. The van der Waals surface area contributed by atoms with E-state index in [2.05, 4.69) is 42.6 Å². The first-order valence-corrected chi connectivity index (χ1v) is 8.43. The van der Waals surface area contributed by atoms with Gasteiger partial charge >= 0.3 is 0 Å². The average Bonchev–Trinajstić information content (AvgIpc) is 3.13. The second-order valence-corrected chi connectivity index (χ2v) is 6.97. The molecule has 2 heterocycles. The van der Waals surface area contributed by atoms with E-state index in [1.807, 2.05) is 11.3 Å². The quantitative estimate of drug-likeness (QED) is 0.729. The van der Waals surface area contributed by atoms with E-state index in [1.54, 1.807) is 0 Å². The molecule has 0 aliphatic heterocycles. The fourth-order valence-corrected chi connectivity index (χ4v) is 4.48. The predicted molar refractivity (Wildman–Crippen MR) is 87.9 cm³/mol. The largest absolute Gasteiger partial charge is 0.459 e. The van der Waals surface area contributed by atoms with Crippen LogP contribution in [-0.4, -0.2) is 0 Å². The highest BCUT2D eigenvalue weighted by Crippen LogP contribution is 2.42. The number of benzene rings is 1. The van der Waals surface area contributed by atoms with Crippen molar-refractivity contribution < 1.29 is 4.42 Å². The van der Waals surface area contributed by atoms with Crippen LogP contribution in [0.2, 0.25) is 0 Å². The molecule has 1 aliphatic rings. The maximum Gasteiger partial charge on any atom is 0.137 e. The highest BCUT2D eigenvalue weighted by molar-refractivity contribution is 7.10. The highest BCUT2D eigenvalue weighted by Gasteiger charge is 2.29. The number of nitrogens with two attached hydrogens (primary N) is 1. The first-order chi connectivity index (χ1) is 10.2. The van der Waals surface area contributed by atoms with Crippen molar-refractivity contribution in [1.82, 2.24) is 0 Å². The van der Waals surface area contributed by atoms with Gasteiger partial charge in [0.25, 0.3) is 0 Å². The lowest BCUT2D eigenvalue weighted by molar-refractivity contribution is 0.410. The molecule has 21 heavy (non-hydrogen) atoms. The SMILES string of the molecule is Cc1cccc2cc(C(N)C3CCCc4sccc43)oc12. The van der Waals surface area contributed by atoms with Crippen molar-refractivity contribution in [2.24, 2.45) is 5.73 Å². The molecule has 2 atom stereocenters. The maximum atomic E-state index is 6.57. The van der Waals surface area contributed by atoms with Crippen LogP contribution in [0.25, 0.3) is 11.0 Å². The monoisotopic (exact) mass is 297 g/mol. The van der Waals surface area contributed by atoms with Crippen molar-refractivity contribution in [2.45, 2.75) is 38.1 Å².